The Morgan fingerprint density at radius 2 is 2.18 bits per heavy atom. The van der Waals surface area contributed by atoms with Crippen LogP contribution >= 0.6 is 11.6 Å². The quantitative estimate of drug-likeness (QED) is 0.704. The summed E-state index contributed by atoms with van der Waals surface area (Å²) >= 11 is 5.96. The molecular weight excluding hydrogens is 238 g/mol. The molecule has 1 rings (SSSR count). The first-order valence-corrected chi connectivity index (χ1v) is 6.38. The minimum atomic E-state index is 0.253. The van der Waals surface area contributed by atoms with Gasteiger partial charge in [0.05, 0.1) is 6.61 Å². The second kappa shape index (κ2) is 8.34. The van der Waals surface area contributed by atoms with E-state index in [-0.39, 0.29) is 6.61 Å². The van der Waals surface area contributed by atoms with Gasteiger partial charge in [-0.3, -0.25) is 0 Å². The van der Waals surface area contributed by atoms with E-state index in [0.29, 0.717) is 6.61 Å². The van der Waals surface area contributed by atoms with Crippen LogP contribution in [0.1, 0.15) is 25.3 Å². The number of rotatable bonds is 8. The molecule has 0 amide bonds. The number of unbranched alkanes of at least 4 members (excludes halogenated alkanes) is 1. The number of halogens is 1. The first kappa shape index (κ1) is 14.3. The lowest BCUT2D eigenvalue weighted by molar-refractivity contribution is 0.283. The largest absolute Gasteiger partial charge is 0.494 e. The molecule has 4 heteroatoms. The van der Waals surface area contributed by atoms with E-state index < -0.39 is 0 Å². The Bertz CT molecular complexity index is 331. The molecule has 0 radical (unpaired) electrons. The maximum Gasteiger partial charge on any atom is 0.123 e. The molecule has 17 heavy (non-hydrogen) atoms. The SMILES string of the molecule is CCOc1ccc(Cl)cc1CNCCCCO. The highest BCUT2D eigenvalue weighted by Gasteiger charge is 2.03. The van der Waals surface area contributed by atoms with Crippen LogP contribution in [-0.2, 0) is 6.54 Å². The summed E-state index contributed by atoms with van der Waals surface area (Å²) in [5.41, 5.74) is 1.07. The number of benzene rings is 1. The highest BCUT2D eigenvalue weighted by atomic mass is 35.5. The van der Waals surface area contributed by atoms with Gasteiger partial charge < -0.3 is 15.2 Å². The molecule has 0 atom stereocenters. The Hall–Kier alpha value is -0.770. The van der Waals surface area contributed by atoms with Crippen LogP contribution in [0.25, 0.3) is 0 Å². The molecule has 0 saturated heterocycles. The van der Waals surface area contributed by atoms with Crippen molar-refractivity contribution in [1.29, 1.82) is 0 Å². The Labute approximate surface area is 108 Å². The molecule has 0 spiro atoms. The van der Waals surface area contributed by atoms with Crippen LogP contribution in [0.5, 0.6) is 5.75 Å². The Morgan fingerprint density at radius 1 is 1.35 bits per heavy atom. The van der Waals surface area contributed by atoms with E-state index >= 15 is 0 Å². The van der Waals surface area contributed by atoms with Crippen LogP contribution in [-0.4, -0.2) is 24.9 Å². The van der Waals surface area contributed by atoms with E-state index in [1.807, 2.05) is 25.1 Å². The fourth-order valence-corrected chi connectivity index (χ4v) is 1.76. The van der Waals surface area contributed by atoms with Gasteiger partial charge in [0.1, 0.15) is 5.75 Å². The van der Waals surface area contributed by atoms with Gasteiger partial charge in [0, 0.05) is 23.7 Å². The van der Waals surface area contributed by atoms with Crippen molar-refractivity contribution in [3.63, 3.8) is 0 Å². The van der Waals surface area contributed by atoms with Crippen LogP contribution in [0.4, 0.5) is 0 Å². The molecule has 1 aromatic rings. The summed E-state index contributed by atoms with van der Waals surface area (Å²) in [5.74, 6) is 0.881. The lowest BCUT2D eigenvalue weighted by Gasteiger charge is -2.11. The van der Waals surface area contributed by atoms with Gasteiger partial charge in [-0.1, -0.05) is 11.6 Å². The molecule has 2 N–H and O–H groups in total. The van der Waals surface area contributed by atoms with Gasteiger partial charge in [-0.05, 0) is 44.5 Å². The predicted molar refractivity (Wildman–Crippen MR) is 70.6 cm³/mol. The minimum absolute atomic E-state index is 0.253. The van der Waals surface area contributed by atoms with Crippen LogP contribution in [0.2, 0.25) is 5.02 Å². The van der Waals surface area contributed by atoms with Crippen molar-refractivity contribution < 1.29 is 9.84 Å². The zero-order chi connectivity index (χ0) is 12.5. The van der Waals surface area contributed by atoms with Gasteiger partial charge >= 0.3 is 0 Å². The highest BCUT2D eigenvalue weighted by molar-refractivity contribution is 6.30. The van der Waals surface area contributed by atoms with Crippen LogP contribution < -0.4 is 10.1 Å². The topological polar surface area (TPSA) is 41.5 Å². The van der Waals surface area contributed by atoms with Crippen LogP contribution in [0, 0.1) is 0 Å². The van der Waals surface area contributed by atoms with Gasteiger partial charge in [0.2, 0.25) is 0 Å². The molecule has 0 aliphatic carbocycles. The average Bonchev–Trinajstić information content (AvgIpc) is 2.32. The summed E-state index contributed by atoms with van der Waals surface area (Å²) in [6.45, 7) is 4.50. The van der Waals surface area contributed by atoms with E-state index in [9.17, 15) is 0 Å². The molecule has 1 aromatic carbocycles. The molecule has 0 aliphatic rings. The molecule has 0 bridgehead atoms. The zero-order valence-electron chi connectivity index (χ0n) is 10.2. The predicted octanol–water partition coefficient (Wildman–Crippen LogP) is 2.60. The number of ether oxygens (including phenoxy) is 1. The first-order chi connectivity index (χ1) is 8.27. The van der Waals surface area contributed by atoms with E-state index in [1.165, 1.54) is 0 Å². The van der Waals surface area contributed by atoms with Crippen LogP contribution in [0.15, 0.2) is 18.2 Å². The molecule has 0 fully saturated rings. The van der Waals surface area contributed by atoms with Crippen molar-refractivity contribution in [3.05, 3.63) is 28.8 Å². The fraction of sp³-hybridized carbons (Fsp3) is 0.538. The summed E-state index contributed by atoms with van der Waals surface area (Å²) in [6.07, 6.45) is 1.81. The van der Waals surface area contributed by atoms with Crippen molar-refractivity contribution in [2.75, 3.05) is 19.8 Å². The monoisotopic (exact) mass is 257 g/mol. The molecule has 96 valence electrons. The third-order valence-corrected chi connectivity index (χ3v) is 2.63. The summed E-state index contributed by atoms with van der Waals surface area (Å²) in [7, 11) is 0. The molecule has 0 heterocycles. The van der Waals surface area contributed by atoms with Crippen LogP contribution in [0.3, 0.4) is 0 Å². The van der Waals surface area contributed by atoms with Gasteiger partial charge in [-0.2, -0.15) is 0 Å². The van der Waals surface area contributed by atoms with Crippen molar-refractivity contribution in [2.45, 2.75) is 26.3 Å². The fourth-order valence-electron chi connectivity index (χ4n) is 1.57. The number of nitrogens with one attached hydrogen (secondary N) is 1. The number of aliphatic hydroxyl groups is 1. The molecule has 0 aromatic heterocycles. The highest BCUT2D eigenvalue weighted by Crippen LogP contribution is 2.22. The maximum atomic E-state index is 8.67. The summed E-state index contributed by atoms with van der Waals surface area (Å²) < 4.78 is 5.53. The third kappa shape index (κ3) is 5.39. The Morgan fingerprint density at radius 3 is 2.88 bits per heavy atom. The summed E-state index contributed by atoms with van der Waals surface area (Å²) in [4.78, 5) is 0. The summed E-state index contributed by atoms with van der Waals surface area (Å²) in [5, 5.41) is 12.7. The van der Waals surface area contributed by atoms with E-state index in [1.54, 1.807) is 0 Å². The lowest BCUT2D eigenvalue weighted by atomic mass is 10.2. The van der Waals surface area contributed by atoms with E-state index in [0.717, 1.165) is 42.3 Å². The van der Waals surface area contributed by atoms with Gasteiger partial charge in [0.15, 0.2) is 0 Å². The normalized spacial score (nSPS) is 10.5. The molecule has 3 nitrogen and oxygen atoms in total. The third-order valence-electron chi connectivity index (χ3n) is 2.40. The molecular formula is C13H20ClNO2. The first-order valence-electron chi connectivity index (χ1n) is 6.00. The number of hydrogen-bond donors (Lipinski definition) is 2. The molecule has 0 saturated carbocycles. The lowest BCUT2D eigenvalue weighted by Crippen LogP contribution is -2.15. The summed E-state index contributed by atoms with van der Waals surface area (Å²) in [6, 6.07) is 5.66. The van der Waals surface area contributed by atoms with E-state index in [4.69, 9.17) is 21.4 Å². The zero-order valence-corrected chi connectivity index (χ0v) is 11.0. The number of hydrogen-bond acceptors (Lipinski definition) is 3. The smallest absolute Gasteiger partial charge is 0.123 e. The number of aliphatic hydroxyl groups excluding tert-OH is 1. The van der Waals surface area contributed by atoms with Crippen molar-refractivity contribution >= 4 is 11.6 Å². The minimum Gasteiger partial charge on any atom is -0.494 e. The molecule has 0 unspecified atom stereocenters. The van der Waals surface area contributed by atoms with Gasteiger partial charge in [-0.15, -0.1) is 0 Å². The maximum absolute atomic E-state index is 8.67. The van der Waals surface area contributed by atoms with Crippen molar-refractivity contribution in [1.82, 2.24) is 5.32 Å². The standard InChI is InChI=1S/C13H20ClNO2/c1-2-17-13-6-5-12(14)9-11(13)10-15-7-3-4-8-16/h5-6,9,15-16H,2-4,7-8,10H2,1H3. The second-order valence-electron chi connectivity index (χ2n) is 3.79. The molecule has 0 aliphatic heterocycles. The second-order valence-corrected chi connectivity index (χ2v) is 4.23. The average molecular weight is 258 g/mol. The Balaban J connectivity index is 2.47. The van der Waals surface area contributed by atoms with Crippen molar-refractivity contribution in [2.24, 2.45) is 0 Å². The van der Waals surface area contributed by atoms with Gasteiger partial charge in [0.25, 0.3) is 0 Å². The Kier molecular flexibility index (Phi) is 7.01. The van der Waals surface area contributed by atoms with Crippen molar-refractivity contribution in [3.8, 4) is 5.75 Å². The van der Waals surface area contributed by atoms with E-state index in [2.05, 4.69) is 5.32 Å². The van der Waals surface area contributed by atoms with Gasteiger partial charge in [-0.25, -0.2) is 0 Å².